The van der Waals surface area contributed by atoms with Crippen molar-refractivity contribution in [3.63, 3.8) is 0 Å². The Morgan fingerprint density at radius 1 is 1.23 bits per heavy atom. The Kier molecular flexibility index (Phi) is 5.05. The average Bonchev–Trinajstić information content (AvgIpc) is 2.44. The van der Waals surface area contributed by atoms with Crippen LogP contribution in [-0.2, 0) is 6.61 Å². The highest BCUT2D eigenvalue weighted by Gasteiger charge is 2.27. The maximum absolute atomic E-state index is 12.3. The second-order valence-electron chi connectivity index (χ2n) is 5.03. The smallest absolute Gasteiger partial charge is 0.390 e. The van der Waals surface area contributed by atoms with Crippen LogP contribution < -0.4 is 10.2 Å². The van der Waals surface area contributed by atoms with Crippen LogP contribution in [0.25, 0.3) is 0 Å². The van der Waals surface area contributed by atoms with Crippen molar-refractivity contribution >= 4 is 22.1 Å². The summed E-state index contributed by atoms with van der Waals surface area (Å²) < 4.78 is 56.0. The molecule has 0 bridgehead atoms. The van der Waals surface area contributed by atoms with Crippen molar-refractivity contribution in [1.29, 1.82) is 0 Å². The summed E-state index contributed by atoms with van der Waals surface area (Å²) in [5.41, 5.74) is 0.845. The maximum Gasteiger partial charge on any atom is 0.405 e. The fraction of sp³-hybridized carbons (Fsp3) is 0.583. The lowest BCUT2D eigenvalue weighted by Gasteiger charge is -2.42. The molecule has 0 aliphatic carbocycles. The normalized spacial score (nSPS) is 19.8. The van der Waals surface area contributed by atoms with Crippen LogP contribution in [0.3, 0.4) is 0 Å². The van der Waals surface area contributed by atoms with Crippen molar-refractivity contribution < 1.29 is 27.4 Å². The molecule has 6 nitrogen and oxygen atoms in total. The topological polar surface area (TPSA) is 88.9 Å². The molecule has 0 aromatic carbocycles. The molecule has 1 aromatic rings. The Balaban J connectivity index is 2.14. The number of alkyl halides is 3. The summed E-state index contributed by atoms with van der Waals surface area (Å²) in [6.07, 6.45) is -4.36. The molecule has 0 radical (unpaired) electrons. The third-order valence-corrected chi connectivity index (χ3v) is 4.91. The molecule has 1 aliphatic rings. The molecule has 0 spiro atoms. The predicted molar refractivity (Wildman–Crippen MR) is 79.5 cm³/mol. The van der Waals surface area contributed by atoms with Gasteiger partial charge in [0.15, 0.2) is 0 Å². The van der Waals surface area contributed by atoms with Crippen LogP contribution in [-0.4, -0.2) is 56.5 Å². The Labute approximate surface area is 127 Å². The Hall–Kier alpha value is -1.23. The van der Waals surface area contributed by atoms with Crippen molar-refractivity contribution in [2.24, 2.45) is 0 Å². The Morgan fingerprint density at radius 3 is 2.41 bits per heavy atom. The Morgan fingerprint density at radius 2 is 1.86 bits per heavy atom. The number of aliphatic hydroxyl groups excluding tert-OH is 1. The van der Waals surface area contributed by atoms with Crippen molar-refractivity contribution in [2.75, 3.05) is 41.4 Å². The quantitative estimate of drug-likeness (QED) is 0.671. The molecular weight excluding hydrogens is 323 g/mol. The molecule has 4 N–H and O–H groups in total. The number of rotatable bonds is 4. The minimum atomic E-state index is -4.36. The lowest BCUT2D eigenvalue weighted by atomic mass is 10.2. The monoisotopic (exact) mass is 341 g/mol. The van der Waals surface area contributed by atoms with E-state index in [-0.39, 0.29) is 23.0 Å². The predicted octanol–water partition coefficient (Wildman–Crippen LogP) is 2.12. The zero-order valence-corrected chi connectivity index (χ0v) is 12.5. The van der Waals surface area contributed by atoms with Crippen LogP contribution >= 0.6 is 10.6 Å². The van der Waals surface area contributed by atoms with Gasteiger partial charge in [0.25, 0.3) is 0 Å². The SMILES string of the molecule is OCc1cc(N2CCS(O)(O)CC2)cc(NCC(F)(F)F)n1. The van der Waals surface area contributed by atoms with Gasteiger partial charge in [0.2, 0.25) is 0 Å². The highest BCUT2D eigenvalue weighted by Crippen LogP contribution is 2.41. The van der Waals surface area contributed by atoms with Crippen molar-refractivity contribution in [1.82, 2.24) is 4.98 Å². The van der Waals surface area contributed by atoms with E-state index in [1.807, 2.05) is 4.90 Å². The molecule has 0 unspecified atom stereocenters. The van der Waals surface area contributed by atoms with E-state index >= 15 is 0 Å². The maximum atomic E-state index is 12.3. The van der Waals surface area contributed by atoms with Gasteiger partial charge in [-0.3, -0.25) is 9.11 Å². The minimum Gasteiger partial charge on any atom is -0.390 e. The van der Waals surface area contributed by atoms with E-state index in [1.54, 1.807) is 6.07 Å². The first-order valence-electron chi connectivity index (χ1n) is 6.59. The molecule has 10 heteroatoms. The summed E-state index contributed by atoms with van der Waals surface area (Å²) >= 11 is 0. The molecule has 2 heterocycles. The fourth-order valence-electron chi connectivity index (χ4n) is 2.10. The van der Waals surface area contributed by atoms with Crippen molar-refractivity contribution in [3.05, 3.63) is 17.8 Å². The van der Waals surface area contributed by atoms with Gasteiger partial charge in [-0.15, -0.1) is 0 Å². The number of hydrogen-bond acceptors (Lipinski definition) is 6. The minimum absolute atomic E-state index is 0.0241. The van der Waals surface area contributed by atoms with Crippen molar-refractivity contribution in [2.45, 2.75) is 12.8 Å². The first kappa shape index (κ1) is 17.1. The van der Waals surface area contributed by atoms with E-state index in [0.29, 0.717) is 18.8 Å². The third-order valence-electron chi connectivity index (χ3n) is 3.24. The zero-order valence-electron chi connectivity index (χ0n) is 11.7. The number of nitrogens with one attached hydrogen (secondary N) is 1. The summed E-state index contributed by atoms with van der Waals surface area (Å²) in [6.45, 7) is -0.835. The van der Waals surface area contributed by atoms with Gasteiger partial charge in [0.1, 0.15) is 12.4 Å². The summed E-state index contributed by atoms with van der Waals surface area (Å²) in [6, 6.07) is 3.04. The molecule has 0 saturated carbocycles. The first-order chi connectivity index (χ1) is 10.2. The third kappa shape index (κ3) is 4.90. The van der Waals surface area contributed by atoms with Gasteiger partial charge in [0.05, 0.1) is 23.8 Å². The second kappa shape index (κ2) is 6.49. The number of hydrogen-bond donors (Lipinski definition) is 4. The standard InChI is InChI=1S/C12H18F3N3O3S/c13-12(14,15)8-16-11-6-10(5-9(7-19)17-11)18-1-3-22(20,21)4-2-18/h5-6,19-21H,1-4,7-8H2,(H,16,17). The molecular formula is C12H18F3N3O3S. The van der Waals surface area contributed by atoms with Gasteiger partial charge in [0, 0.05) is 24.8 Å². The summed E-state index contributed by atoms with van der Waals surface area (Å²) in [5, 5.41) is 11.4. The first-order valence-corrected chi connectivity index (χ1v) is 8.48. The van der Waals surface area contributed by atoms with Crippen LogP contribution in [0.15, 0.2) is 12.1 Å². The lowest BCUT2D eigenvalue weighted by Crippen LogP contribution is -2.38. The lowest BCUT2D eigenvalue weighted by molar-refractivity contribution is -0.115. The zero-order chi connectivity index (χ0) is 16.4. The van der Waals surface area contributed by atoms with E-state index in [4.69, 9.17) is 0 Å². The number of halogens is 3. The van der Waals surface area contributed by atoms with E-state index in [1.165, 1.54) is 6.07 Å². The van der Waals surface area contributed by atoms with Gasteiger partial charge in [-0.1, -0.05) is 0 Å². The molecule has 0 amide bonds. The number of aliphatic hydroxyl groups is 1. The molecule has 1 aromatic heterocycles. The molecule has 0 atom stereocenters. The van der Waals surface area contributed by atoms with E-state index in [0.717, 1.165) is 0 Å². The second-order valence-corrected chi connectivity index (χ2v) is 7.45. The fourth-order valence-corrected chi connectivity index (χ4v) is 3.33. The van der Waals surface area contributed by atoms with Crippen molar-refractivity contribution in [3.8, 4) is 0 Å². The number of aromatic nitrogens is 1. The van der Waals surface area contributed by atoms with Gasteiger partial charge in [-0.25, -0.2) is 4.98 Å². The number of nitrogens with zero attached hydrogens (tertiary/aromatic N) is 2. The molecule has 126 valence electrons. The number of anilines is 2. The van der Waals surface area contributed by atoms with Gasteiger partial charge < -0.3 is 15.3 Å². The van der Waals surface area contributed by atoms with E-state index in [9.17, 15) is 27.4 Å². The van der Waals surface area contributed by atoms with Crippen LogP contribution in [0.5, 0.6) is 0 Å². The largest absolute Gasteiger partial charge is 0.405 e. The van der Waals surface area contributed by atoms with Crippen LogP contribution in [0.4, 0.5) is 24.7 Å². The molecule has 1 aliphatic heterocycles. The van der Waals surface area contributed by atoms with Gasteiger partial charge >= 0.3 is 6.18 Å². The highest BCUT2D eigenvalue weighted by atomic mass is 32.3. The number of pyridine rings is 1. The van der Waals surface area contributed by atoms with Crippen LogP contribution in [0.1, 0.15) is 5.69 Å². The van der Waals surface area contributed by atoms with Crippen LogP contribution in [0.2, 0.25) is 0 Å². The molecule has 1 saturated heterocycles. The molecule has 2 rings (SSSR count). The molecule has 1 fully saturated rings. The highest BCUT2D eigenvalue weighted by molar-refractivity contribution is 8.24. The Bertz CT molecular complexity index is 518. The average molecular weight is 341 g/mol. The van der Waals surface area contributed by atoms with Crippen LogP contribution in [0, 0.1) is 0 Å². The van der Waals surface area contributed by atoms with E-state index < -0.39 is 29.9 Å². The van der Waals surface area contributed by atoms with Gasteiger partial charge in [-0.05, 0) is 6.07 Å². The van der Waals surface area contributed by atoms with E-state index in [2.05, 4.69) is 10.3 Å². The molecule has 22 heavy (non-hydrogen) atoms. The summed E-state index contributed by atoms with van der Waals surface area (Å²) in [4.78, 5) is 5.73. The summed E-state index contributed by atoms with van der Waals surface area (Å²) in [5.74, 6) is 0.459. The van der Waals surface area contributed by atoms with Gasteiger partial charge in [-0.2, -0.15) is 23.8 Å². The summed E-state index contributed by atoms with van der Waals surface area (Å²) in [7, 11) is -2.55.